The zero-order chi connectivity index (χ0) is 13.1. The minimum Gasteiger partial charge on any atom is -0.508 e. The van der Waals surface area contributed by atoms with E-state index in [0.717, 1.165) is 5.56 Å². The van der Waals surface area contributed by atoms with E-state index in [9.17, 15) is 4.79 Å². The average molecular weight is 237 g/mol. The van der Waals surface area contributed by atoms with Crippen molar-refractivity contribution in [2.24, 2.45) is 0 Å². The van der Waals surface area contributed by atoms with Gasteiger partial charge in [0.05, 0.1) is 0 Å². The van der Waals surface area contributed by atoms with Gasteiger partial charge in [-0.25, -0.2) is 0 Å². The fraction of sp³-hybridized carbons (Fsp3) is 0.462. The number of phenolic OH excluding ortho intramolecular Hbond substituents is 1. The van der Waals surface area contributed by atoms with Gasteiger partial charge < -0.3 is 10.2 Å². The van der Waals surface area contributed by atoms with Crippen LogP contribution in [0.15, 0.2) is 24.3 Å². The Morgan fingerprint density at radius 1 is 1.29 bits per heavy atom. The molecule has 1 aromatic carbocycles. The number of carbonyl (C=O) groups is 1. The minimum absolute atomic E-state index is 0.185. The summed E-state index contributed by atoms with van der Waals surface area (Å²) in [7, 11) is 0. The first-order valence-corrected chi connectivity index (χ1v) is 5.56. The molecule has 1 aromatic rings. The summed E-state index contributed by atoms with van der Waals surface area (Å²) in [5.74, 6) is -0.683. The van der Waals surface area contributed by atoms with Crippen LogP contribution in [0.3, 0.4) is 0 Å². The van der Waals surface area contributed by atoms with Gasteiger partial charge in [0.1, 0.15) is 11.8 Å². The van der Waals surface area contributed by atoms with E-state index in [4.69, 9.17) is 10.2 Å². The molecule has 1 atom stereocenters. The zero-order valence-electron chi connectivity index (χ0n) is 10.4. The highest BCUT2D eigenvalue weighted by molar-refractivity contribution is 5.74. The molecule has 0 aromatic heterocycles. The molecule has 0 spiro atoms. The van der Waals surface area contributed by atoms with E-state index in [0.29, 0.717) is 6.42 Å². The van der Waals surface area contributed by atoms with Crippen molar-refractivity contribution in [3.63, 3.8) is 0 Å². The molecule has 0 saturated heterocycles. The molecule has 1 rings (SSSR count). The third-order valence-corrected chi connectivity index (χ3v) is 2.28. The number of carboxylic acid groups (broad SMARTS) is 1. The van der Waals surface area contributed by atoms with Crippen LogP contribution in [0.1, 0.15) is 26.3 Å². The second kappa shape index (κ2) is 5.19. The molecule has 0 aliphatic carbocycles. The Morgan fingerprint density at radius 2 is 1.82 bits per heavy atom. The predicted octanol–water partition coefficient (Wildman–Crippen LogP) is 1.78. The summed E-state index contributed by atoms with van der Waals surface area (Å²) in [4.78, 5) is 11.1. The van der Waals surface area contributed by atoms with Crippen LogP contribution in [0.25, 0.3) is 0 Å². The lowest BCUT2D eigenvalue weighted by atomic mass is 10.0. The lowest BCUT2D eigenvalue weighted by molar-refractivity contribution is -0.140. The number of phenols is 1. The van der Waals surface area contributed by atoms with Crippen molar-refractivity contribution in [2.45, 2.75) is 38.8 Å². The summed E-state index contributed by atoms with van der Waals surface area (Å²) in [5.41, 5.74) is 0.631. The normalized spacial score (nSPS) is 13.4. The molecule has 0 aliphatic heterocycles. The molecule has 3 N–H and O–H groups in total. The van der Waals surface area contributed by atoms with E-state index in [2.05, 4.69) is 5.32 Å². The van der Waals surface area contributed by atoms with Crippen molar-refractivity contribution < 1.29 is 15.0 Å². The summed E-state index contributed by atoms with van der Waals surface area (Å²) in [6.07, 6.45) is 0.396. The van der Waals surface area contributed by atoms with Gasteiger partial charge in [-0.1, -0.05) is 12.1 Å². The number of hydrogen-bond donors (Lipinski definition) is 3. The summed E-state index contributed by atoms with van der Waals surface area (Å²) in [5, 5.41) is 21.4. The van der Waals surface area contributed by atoms with Gasteiger partial charge in [-0.3, -0.25) is 10.1 Å². The Hall–Kier alpha value is -1.55. The quantitative estimate of drug-likeness (QED) is 0.746. The first-order chi connectivity index (χ1) is 7.78. The molecule has 0 bridgehead atoms. The molecule has 94 valence electrons. The molecule has 0 aliphatic rings. The molecular weight excluding hydrogens is 218 g/mol. The van der Waals surface area contributed by atoms with E-state index >= 15 is 0 Å². The van der Waals surface area contributed by atoms with Gasteiger partial charge in [-0.2, -0.15) is 0 Å². The van der Waals surface area contributed by atoms with Crippen LogP contribution in [0.5, 0.6) is 5.75 Å². The topological polar surface area (TPSA) is 69.6 Å². The maximum Gasteiger partial charge on any atom is 0.321 e. The average Bonchev–Trinajstić information content (AvgIpc) is 2.18. The summed E-state index contributed by atoms with van der Waals surface area (Å²) in [6, 6.07) is 5.96. The zero-order valence-corrected chi connectivity index (χ0v) is 10.4. The fourth-order valence-corrected chi connectivity index (χ4v) is 1.59. The van der Waals surface area contributed by atoms with E-state index in [1.807, 2.05) is 20.8 Å². The van der Waals surface area contributed by atoms with E-state index in [1.54, 1.807) is 24.3 Å². The smallest absolute Gasteiger partial charge is 0.321 e. The maximum absolute atomic E-state index is 11.1. The summed E-state index contributed by atoms with van der Waals surface area (Å²) in [6.45, 7) is 5.79. The third-order valence-electron chi connectivity index (χ3n) is 2.28. The number of benzene rings is 1. The number of nitrogens with one attached hydrogen (secondary N) is 1. The van der Waals surface area contributed by atoms with E-state index in [-0.39, 0.29) is 11.3 Å². The van der Waals surface area contributed by atoms with Gasteiger partial charge in [0, 0.05) is 5.54 Å². The monoisotopic (exact) mass is 237 g/mol. The van der Waals surface area contributed by atoms with Crippen LogP contribution in [0.4, 0.5) is 0 Å². The molecular formula is C13H19NO3. The van der Waals surface area contributed by atoms with Gasteiger partial charge in [0.25, 0.3) is 0 Å². The Bertz CT molecular complexity index is 379. The van der Waals surface area contributed by atoms with E-state index in [1.165, 1.54) is 0 Å². The van der Waals surface area contributed by atoms with Gasteiger partial charge in [-0.05, 0) is 44.9 Å². The fourth-order valence-electron chi connectivity index (χ4n) is 1.59. The highest BCUT2D eigenvalue weighted by Crippen LogP contribution is 2.12. The van der Waals surface area contributed by atoms with Gasteiger partial charge in [0.15, 0.2) is 0 Å². The van der Waals surface area contributed by atoms with Crippen LogP contribution in [-0.4, -0.2) is 27.8 Å². The number of aromatic hydroxyl groups is 1. The summed E-state index contributed by atoms with van der Waals surface area (Å²) < 4.78 is 0. The Balaban J connectivity index is 2.73. The minimum atomic E-state index is -0.868. The van der Waals surface area contributed by atoms with Crippen LogP contribution >= 0.6 is 0 Å². The van der Waals surface area contributed by atoms with Crippen LogP contribution in [0, 0.1) is 0 Å². The second-order valence-corrected chi connectivity index (χ2v) is 5.16. The van der Waals surface area contributed by atoms with E-state index < -0.39 is 12.0 Å². The second-order valence-electron chi connectivity index (χ2n) is 5.16. The molecule has 0 heterocycles. The largest absolute Gasteiger partial charge is 0.508 e. The van der Waals surface area contributed by atoms with Crippen molar-refractivity contribution in [2.75, 3.05) is 0 Å². The molecule has 0 amide bonds. The van der Waals surface area contributed by atoms with Crippen molar-refractivity contribution in [1.29, 1.82) is 0 Å². The van der Waals surface area contributed by atoms with Gasteiger partial charge in [-0.15, -0.1) is 0 Å². The molecule has 17 heavy (non-hydrogen) atoms. The molecule has 0 radical (unpaired) electrons. The third kappa shape index (κ3) is 4.87. The predicted molar refractivity (Wildman–Crippen MR) is 66.1 cm³/mol. The standard InChI is InChI=1S/C13H19NO3/c1-13(2,3)14-11(12(16)17)8-9-4-6-10(15)7-5-9/h4-7,11,14-15H,8H2,1-3H3,(H,16,17)/t11-/m0/s1. The van der Waals surface area contributed by atoms with Crippen molar-refractivity contribution in [3.05, 3.63) is 29.8 Å². The SMILES string of the molecule is CC(C)(C)N[C@@H](Cc1ccc(O)cc1)C(=O)O. The number of rotatable bonds is 4. The van der Waals surface area contributed by atoms with Crippen LogP contribution < -0.4 is 5.32 Å². The Morgan fingerprint density at radius 3 is 2.24 bits per heavy atom. The summed E-state index contributed by atoms with van der Waals surface area (Å²) >= 11 is 0. The Kier molecular flexibility index (Phi) is 4.12. The maximum atomic E-state index is 11.1. The first-order valence-electron chi connectivity index (χ1n) is 5.56. The highest BCUT2D eigenvalue weighted by Gasteiger charge is 2.23. The van der Waals surface area contributed by atoms with Gasteiger partial charge >= 0.3 is 5.97 Å². The lowest BCUT2D eigenvalue weighted by Crippen LogP contribution is -2.48. The first kappa shape index (κ1) is 13.5. The van der Waals surface area contributed by atoms with Crippen LogP contribution in [0.2, 0.25) is 0 Å². The van der Waals surface area contributed by atoms with Crippen molar-refractivity contribution in [3.8, 4) is 5.75 Å². The number of carboxylic acids is 1. The molecule has 4 nitrogen and oxygen atoms in total. The van der Waals surface area contributed by atoms with Gasteiger partial charge in [0.2, 0.25) is 0 Å². The van der Waals surface area contributed by atoms with Crippen molar-refractivity contribution in [1.82, 2.24) is 5.32 Å². The lowest BCUT2D eigenvalue weighted by Gasteiger charge is -2.26. The molecule has 0 saturated carbocycles. The molecule has 0 fully saturated rings. The van der Waals surface area contributed by atoms with Crippen LogP contribution in [-0.2, 0) is 11.2 Å². The number of aliphatic carboxylic acids is 1. The highest BCUT2D eigenvalue weighted by atomic mass is 16.4. The molecule has 0 unspecified atom stereocenters. The Labute approximate surface area is 101 Å². The number of hydrogen-bond acceptors (Lipinski definition) is 3. The van der Waals surface area contributed by atoms with Crippen molar-refractivity contribution >= 4 is 5.97 Å². The molecule has 4 heteroatoms.